The van der Waals surface area contributed by atoms with Gasteiger partial charge in [0, 0.05) is 18.8 Å². The average molecular weight is 263 g/mol. The van der Waals surface area contributed by atoms with Gasteiger partial charge in [-0.2, -0.15) is 0 Å². The Balaban J connectivity index is 1.68. The van der Waals surface area contributed by atoms with Crippen molar-refractivity contribution in [2.45, 2.75) is 51.1 Å². The van der Waals surface area contributed by atoms with Gasteiger partial charge < -0.3 is 15.8 Å². The summed E-state index contributed by atoms with van der Waals surface area (Å²) < 4.78 is 5.70. The van der Waals surface area contributed by atoms with Crippen LogP contribution in [0.2, 0.25) is 0 Å². The van der Waals surface area contributed by atoms with E-state index in [1.807, 2.05) is 12.3 Å². The molecule has 0 aliphatic heterocycles. The third-order valence-electron chi connectivity index (χ3n) is 3.67. The Morgan fingerprint density at radius 1 is 1.42 bits per heavy atom. The summed E-state index contributed by atoms with van der Waals surface area (Å²) >= 11 is 0. The Morgan fingerprint density at radius 3 is 2.95 bits per heavy atom. The molecule has 0 unspecified atom stereocenters. The molecule has 0 spiro atoms. The number of ether oxygens (including phenoxy) is 1. The molecule has 1 aliphatic rings. The van der Waals surface area contributed by atoms with Crippen molar-refractivity contribution in [3.05, 3.63) is 24.0 Å². The van der Waals surface area contributed by atoms with Gasteiger partial charge in [0.05, 0.1) is 12.2 Å². The lowest BCUT2D eigenvalue weighted by atomic mass is 10.2. The van der Waals surface area contributed by atoms with E-state index in [0.717, 1.165) is 18.7 Å². The van der Waals surface area contributed by atoms with E-state index in [2.05, 4.69) is 17.2 Å². The van der Waals surface area contributed by atoms with Crippen LogP contribution in [0.5, 0.6) is 5.75 Å². The third kappa shape index (κ3) is 4.80. The van der Waals surface area contributed by atoms with Gasteiger partial charge in [-0.1, -0.05) is 19.8 Å². The summed E-state index contributed by atoms with van der Waals surface area (Å²) in [5.74, 6) is 0.815. The molecular weight excluding hydrogens is 238 g/mol. The first-order chi connectivity index (χ1) is 9.28. The predicted octanol–water partition coefficient (Wildman–Crippen LogP) is 1.88. The van der Waals surface area contributed by atoms with Crippen LogP contribution in [0.1, 0.15) is 38.2 Å². The van der Waals surface area contributed by atoms with E-state index in [4.69, 9.17) is 10.5 Å². The topological polar surface area (TPSA) is 60.2 Å². The smallest absolute Gasteiger partial charge is 0.137 e. The maximum atomic E-state index is 6.06. The summed E-state index contributed by atoms with van der Waals surface area (Å²) in [7, 11) is 0. The Kier molecular flexibility index (Phi) is 5.61. The molecule has 0 saturated heterocycles. The van der Waals surface area contributed by atoms with Crippen LogP contribution in [0.25, 0.3) is 0 Å². The molecule has 1 aromatic heterocycles. The number of nitrogens with two attached hydrogens (primary N) is 1. The van der Waals surface area contributed by atoms with Crippen molar-refractivity contribution in [1.82, 2.24) is 10.3 Å². The first-order valence-electron chi connectivity index (χ1n) is 7.33. The van der Waals surface area contributed by atoms with E-state index in [1.54, 1.807) is 6.20 Å². The molecule has 4 nitrogen and oxygen atoms in total. The number of nitrogens with zero attached hydrogens (tertiary/aromatic N) is 1. The van der Waals surface area contributed by atoms with Crippen LogP contribution in [0.15, 0.2) is 18.5 Å². The van der Waals surface area contributed by atoms with Gasteiger partial charge in [0.15, 0.2) is 0 Å². The number of aromatic nitrogens is 1. The van der Waals surface area contributed by atoms with Crippen LogP contribution < -0.4 is 15.8 Å². The van der Waals surface area contributed by atoms with E-state index in [-0.39, 0.29) is 6.04 Å². The van der Waals surface area contributed by atoms with Crippen molar-refractivity contribution >= 4 is 0 Å². The fourth-order valence-corrected chi connectivity index (χ4v) is 2.45. The molecule has 0 radical (unpaired) electrons. The van der Waals surface area contributed by atoms with Gasteiger partial charge in [0.25, 0.3) is 0 Å². The van der Waals surface area contributed by atoms with Crippen LogP contribution >= 0.6 is 0 Å². The minimum atomic E-state index is 0.0332. The average Bonchev–Trinajstić information content (AvgIpc) is 2.96. The van der Waals surface area contributed by atoms with E-state index in [0.29, 0.717) is 12.6 Å². The highest BCUT2D eigenvalue weighted by molar-refractivity contribution is 5.23. The van der Waals surface area contributed by atoms with Gasteiger partial charge in [-0.3, -0.25) is 4.98 Å². The molecule has 2 rings (SSSR count). The normalized spacial score (nSPS) is 17.6. The lowest BCUT2D eigenvalue weighted by Gasteiger charge is -2.17. The van der Waals surface area contributed by atoms with Crippen molar-refractivity contribution in [3.8, 4) is 5.75 Å². The maximum absolute atomic E-state index is 6.06. The molecule has 3 N–H and O–H groups in total. The lowest BCUT2D eigenvalue weighted by molar-refractivity contribution is 0.279. The summed E-state index contributed by atoms with van der Waals surface area (Å²) in [5.41, 5.74) is 7.25. The zero-order valence-electron chi connectivity index (χ0n) is 11.8. The Bertz CT molecular complexity index is 377. The second-order valence-electron chi connectivity index (χ2n) is 5.34. The molecular formula is C15H25N3O. The standard InChI is InChI=1S/C15H25N3O/c1-2-12-7-15(10-17-8-12)19-11-13(16)9-18-14-5-3-4-6-14/h7-8,10,13-14,18H,2-6,9,11,16H2,1H3/t13-/m0/s1. The Labute approximate surface area is 115 Å². The van der Waals surface area contributed by atoms with Gasteiger partial charge in [-0.05, 0) is 30.9 Å². The maximum Gasteiger partial charge on any atom is 0.137 e. The summed E-state index contributed by atoms with van der Waals surface area (Å²) in [5, 5.41) is 3.52. The molecule has 19 heavy (non-hydrogen) atoms. The van der Waals surface area contributed by atoms with Gasteiger partial charge in [0.1, 0.15) is 12.4 Å². The number of aryl methyl sites for hydroxylation is 1. The molecule has 1 fully saturated rings. The van der Waals surface area contributed by atoms with Gasteiger partial charge in [-0.25, -0.2) is 0 Å². The van der Waals surface area contributed by atoms with E-state index in [9.17, 15) is 0 Å². The van der Waals surface area contributed by atoms with Gasteiger partial charge in [-0.15, -0.1) is 0 Å². The molecule has 0 amide bonds. The molecule has 1 heterocycles. The van der Waals surface area contributed by atoms with E-state index < -0.39 is 0 Å². The highest BCUT2D eigenvalue weighted by Crippen LogP contribution is 2.17. The van der Waals surface area contributed by atoms with Crippen molar-refractivity contribution in [1.29, 1.82) is 0 Å². The number of rotatable bonds is 7. The minimum absolute atomic E-state index is 0.0332. The monoisotopic (exact) mass is 263 g/mol. The molecule has 0 aromatic carbocycles. The molecule has 1 aliphatic carbocycles. The minimum Gasteiger partial charge on any atom is -0.490 e. The van der Waals surface area contributed by atoms with Crippen LogP contribution in [0.3, 0.4) is 0 Å². The van der Waals surface area contributed by atoms with Crippen molar-refractivity contribution in [2.75, 3.05) is 13.2 Å². The predicted molar refractivity (Wildman–Crippen MR) is 77.3 cm³/mol. The second-order valence-corrected chi connectivity index (χ2v) is 5.34. The summed E-state index contributed by atoms with van der Waals surface area (Å²) in [6, 6.07) is 2.73. The molecule has 106 valence electrons. The lowest BCUT2D eigenvalue weighted by Crippen LogP contribution is -2.41. The number of hydrogen-bond donors (Lipinski definition) is 2. The van der Waals surface area contributed by atoms with Crippen molar-refractivity contribution in [2.24, 2.45) is 5.73 Å². The third-order valence-corrected chi connectivity index (χ3v) is 3.67. The van der Waals surface area contributed by atoms with Crippen LogP contribution in [0.4, 0.5) is 0 Å². The number of hydrogen-bond acceptors (Lipinski definition) is 4. The van der Waals surface area contributed by atoms with E-state index >= 15 is 0 Å². The molecule has 1 aromatic rings. The first kappa shape index (κ1) is 14.3. The summed E-state index contributed by atoms with van der Waals surface area (Å²) in [6.07, 6.45) is 9.86. The quantitative estimate of drug-likeness (QED) is 0.788. The number of nitrogens with one attached hydrogen (secondary N) is 1. The van der Waals surface area contributed by atoms with Gasteiger partial charge in [0.2, 0.25) is 0 Å². The summed E-state index contributed by atoms with van der Waals surface area (Å²) in [6.45, 7) is 3.47. The zero-order valence-corrected chi connectivity index (χ0v) is 11.8. The molecule has 1 atom stereocenters. The van der Waals surface area contributed by atoms with Gasteiger partial charge >= 0.3 is 0 Å². The first-order valence-corrected chi connectivity index (χ1v) is 7.33. The summed E-state index contributed by atoms with van der Waals surface area (Å²) in [4.78, 5) is 4.16. The second kappa shape index (κ2) is 7.46. The van der Waals surface area contributed by atoms with Crippen LogP contribution in [-0.4, -0.2) is 30.2 Å². The highest BCUT2D eigenvalue weighted by Gasteiger charge is 2.15. The molecule has 1 saturated carbocycles. The van der Waals surface area contributed by atoms with E-state index in [1.165, 1.54) is 31.2 Å². The van der Waals surface area contributed by atoms with Crippen molar-refractivity contribution in [3.63, 3.8) is 0 Å². The fraction of sp³-hybridized carbons (Fsp3) is 0.667. The molecule has 4 heteroatoms. The highest BCUT2D eigenvalue weighted by atomic mass is 16.5. The number of pyridine rings is 1. The fourth-order valence-electron chi connectivity index (χ4n) is 2.45. The molecule has 0 bridgehead atoms. The van der Waals surface area contributed by atoms with Crippen molar-refractivity contribution < 1.29 is 4.74 Å². The zero-order chi connectivity index (χ0) is 13.5. The van der Waals surface area contributed by atoms with Crippen LogP contribution in [-0.2, 0) is 6.42 Å². The van der Waals surface area contributed by atoms with Crippen LogP contribution in [0, 0.1) is 0 Å². The largest absolute Gasteiger partial charge is 0.490 e. The Morgan fingerprint density at radius 2 is 2.21 bits per heavy atom. The SMILES string of the molecule is CCc1cncc(OC[C@@H](N)CNC2CCCC2)c1. The Hall–Kier alpha value is -1.13.